The van der Waals surface area contributed by atoms with Gasteiger partial charge in [0.1, 0.15) is 5.56 Å². The maximum absolute atomic E-state index is 13.1. The van der Waals surface area contributed by atoms with Crippen LogP contribution in [-0.2, 0) is 0 Å². The molecule has 0 bridgehead atoms. The fourth-order valence-electron chi connectivity index (χ4n) is 2.68. The number of carbonyl (C=O) groups is 2. The molecule has 0 heterocycles. The van der Waals surface area contributed by atoms with Gasteiger partial charge in [0, 0.05) is 18.7 Å². The van der Waals surface area contributed by atoms with Crippen LogP contribution < -0.4 is 0 Å². The summed E-state index contributed by atoms with van der Waals surface area (Å²) in [5, 5.41) is 13.7. The molecule has 7 nitrogen and oxygen atoms in total. The van der Waals surface area contributed by atoms with Gasteiger partial charge in [0.2, 0.25) is 0 Å². The maximum Gasteiger partial charge on any atom is 0.282 e. The van der Waals surface area contributed by atoms with E-state index in [2.05, 4.69) is 0 Å². The lowest BCUT2D eigenvalue weighted by Gasteiger charge is -2.41. The van der Waals surface area contributed by atoms with Crippen molar-refractivity contribution in [3.8, 4) is 0 Å². The molecule has 26 heavy (non-hydrogen) atoms. The summed E-state index contributed by atoms with van der Waals surface area (Å²) in [7, 11) is 1.48. The summed E-state index contributed by atoms with van der Waals surface area (Å²) in [6.07, 6.45) is 0. The molecule has 0 N–H and O–H groups in total. The Labute approximate surface area is 152 Å². The molecule has 0 atom stereocenters. The lowest BCUT2D eigenvalue weighted by molar-refractivity contribution is -0.385. The molecule has 0 radical (unpaired) electrons. The second-order valence-corrected chi connectivity index (χ2v) is 6.76. The van der Waals surface area contributed by atoms with Crippen molar-refractivity contribution in [2.75, 3.05) is 7.05 Å². The van der Waals surface area contributed by atoms with E-state index in [0.717, 1.165) is 0 Å². The average molecular weight is 355 g/mol. The predicted molar refractivity (Wildman–Crippen MR) is 97.6 cm³/mol. The van der Waals surface area contributed by atoms with Crippen molar-refractivity contribution in [3.05, 3.63) is 75.8 Å². The highest BCUT2D eigenvalue weighted by atomic mass is 16.6. The van der Waals surface area contributed by atoms with Crippen LogP contribution in [0.1, 0.15) is 41.5 Å². The van der Waals surface area contributed by atoms with Crippen LogP contribution in [0.25, 0.3) is 0 Å². The molecule has 0 aliphatic carbocycles. The zero-order chi connectivity index (χ0) is 19.5. The van der Waals surface area contributed by atoms with Gasteiger partial charge in [-0.1, -0.05) is 30.3 Å². The molecule has 2 rings (SSSR count). The Morgan fingerprint density at radius 2 is 1.46 bits per heavy atom. The van der Waals surface area contributed by atoms with Gasteiger partial charge < -0.3 is 0 Å². The van der Waals surface area contributed by atoms with Crippen molar-refractivity contribution in [1.29, 1.82) is 0 Å². The Balaban J connectivity index is 2.47. The lowest BCUT2D eigenvalue weighted by Crippen LogP contribution is -2.56. The Morgan fingerprint density at radius 1 is 0.923 bits per heavy atom. The average Bonchev–Trinajstić information content (AvgIpc) is 2.60. The number of para-hydroxylation sites is 1. The highest BCUT2D eigenvalue weighted by molar-refractivity contribution is 6.01. The summed E-state index contributed by atoms with van der Waals surface area (Å²) in [6, 6.07) is 14.3. The second kappa shape index (κ2) is 7.35. The van der Waals surface area contributed by atoms with Crippen LogP contribution in [-0.4, -0.2) is 39.3 Å². The van der Waals surface area contributed by atoms with Crippen molar-refractivity contribution in [1.82, 2.24) is 10.0 Å². The molecule has 0 saturated heterocycles. The third kappa shape index (κ3) is 3.88. The molecule has 7 heteroatoms. The molecular weight excluding hydrogens is 334 g/mol. The summed E-state index contributed by atoms with van der Waals surface area (Å²) in [4.78, 5) is 36.6. The highest BCUT2D eigenvalue weighted by Gasteiger charge is 2.36. The molecule has 136 valence electrons. The summed E-state index contributed by atoms with van der Waals surface area (Å²) in [6.45, 7) is 5.28. The van der Waals surface area contributed by atoms with Gasteiger partial charge in [-0.25, -0.2) is 10.0 Å². The van der Waals surface area contributed by atoms with E-state index in [9.17, 15) is 19.7 Å². The minimum absolute atomic E-state index is 0.0693. The van der Waals surface area contributed by atoms with Crippen LogP contribution in [0, 0.1) is 10.1 Å². The van der Waals surface area contributed by atoms with Gasteiger partial charge in [0.15, 0.2) is 0 Å². The van der Waals surface area contributed by atoms with E-state index in [0.29, 0.717) is 5.56 Å². The number of nitro benzene ring substituents is 1. The molecule has 0 aliphatic rings. The fraction of sp³-hybridized carbons (Fsp3) is 0.263. The summed E-state index contributed by atoms with van der Waals surface area (Å²) >= 11 is 0. The van der Waals surface area contributed by atoms with E-state index >= 15 is 0 Å². The van der Waals surface area contributed by atoms with Gasteiger partial charge in [0.05, 0.1) is 10.5 Å². The summed E-state index contributed by atoms with van der Waals surface area (Å²) < 4.78 is 0. The topological polar surface area (TPSA) is 83.8 Å². The van der Waals surface area contributed by atoms with E-state index in [4.69, 9.17) is 0 Å². The summed E-state index contributed by atoms with van der Waals surface area (Å²) in [5.74, 6) is -0.996. The smallest absolute Gasteiger partial charge is 0.267 e. The van der Waals surface area contributed by atoms with Gasteiger partial charge in [-0.2, -0.15) is 0 Å². The molecule has 0 fully saturated rings. The van der Waals surface area contributed by atoms with E-state index in [1.54, 1.807) is 57.2 Å². The molecule has 0 aromatic heterocycles. The zero-order valence-electron chi connectivity index (χ0n) is 15.2. The molecule has 0 aliphatic heterocycles. The molecule has 0 saturated carbocycles. The van der Waals surface area contributed by atoms with E-state index in [1.807, 2.05) is 0 Å². The van der Waals surface area contributed by atoms with Crippen LogP contribution >= 0.6 is 0 Å². The van der Waals surface area contributed by atoms with Crippen molar-refractivity contribution in [2.24, 2.45) is 0 Å². The fourth-order valence-corrected chi connectivity index (χ4v) is 2.68. The first-order valence-corrected chi connectivity index (χ1v) is 8.05. The number of hydrogen-bond donors (Lipinski definition) is 0. The van der Waals surface area contributed by atoms with Gasteiger partial charge >= 0.3 is 0 Å². The first-order chi connectivity index (χ1) is 12.1. The monoisotopic (exact) mass is 355 g/mol. The third-order valence-electron chi connectivity index (χ3n) is 3.77. The Morgan fingerprint density at radius 3 is 2.00 bits per heavy atom. The van der Waals surface area contributed by atoms with Gasteiger partial charge in [-0.15, -0.1) is 0 Å². The van der Waals surface area contributed by atoms with E-state index in [-0.39, 0.29) is 17.2 Å². The van der Waals surface area contributed by atoms with E-state index < -0.39 is 16.4 Å². The van der Waals surface area contributed by atoms with Crippen LogP contribution in [0.15, 0.2) is 54.6 Å². The van der Waals surface area contributed by atoms with Gasteiger partial charge in [-0.3, -0.25) is 19.7 Å². The number of rotatable bonds is 3. The number of carbonyl (C=O) groups excluding carboxylic acids is 2. The first-order valence-electron chi connectivity index (χ1n) is 8.05. The maximum atomic E-state index is 13.1. The van der Waals surface area contributed by atoms with Crippen molar-refractivity contribution >= 4 is 17.5 Å². The highest BCUT2D eigenvalue weighted by Crippen LogP contribution is 2.25. The largest absolute Gasteiger partial charge is 0.282 e. The van der Waals surface area contributed by atoms with Gasteiger partial charge in [0.25, 0.3) is 17.5 Å². The number of benzene rings is 2. The minimum atomic E-state index is -0.778. The zero-order valence-corrected chi connectivity index (χ0v) is 15.2. The quantitative estimate of drug-likeness (QED) is 0.623. The summed E-state index contributed by atoms with van der Waals surface area (Å²) in [5.41, 5.74) is -0.730. The van der Waals surface area contributed by atoms with Crippen molar-refractivity contribution < 1.29 is 14.5 Å². The van der Waals surface area contributed by atoms with E-state index in [1.165, 1.54) is 35.3 Å². The third-order valence-corrected chi connectivity index (χ3v) is 3.77. The number of hydrogen-bond acceptors (Lipinski definition) is 4. The lowest BCUT2D eigenvalue weighted by atomic mass is 10.0. The van der Waals surface area contributed by atoms with Crippen LogP contribution in [0.5, 0.6) is 0 Å². The normalized spacial score (nSPS) is 10.9. The molecule has 0 unspecified atom stereocenters. The Hall–Kier alpha value is -3.22. The molecule has 2 aromatic rings. The first kappa shape index (κ1) is 19.1. The van der Waals surface area contributed by atoms with Crippen molar-refractivity contribution in [3.63, 3.8) is 0 Å². The number of hydrazine groups is 1. The Bertz CT molecular complexity index is 828. The molecule has 0 spiro atoms. The second-order valence-electron chi connectivity index (χ2n) is 6.76. The van der Waals surface area contributed by atoms with Gasteiger partial charge in [-0.05, 0) is 39.0 Å². The SMILES string of the molecule is CN(C(=O)c1ccccc1)N(C(=O)c1ccccc1[N+](=O)[O-])C(C)(C)C. The van der Waals surface area contributed by atoms with Crippen LogP contribution in [0.3, 0.4) is 0 Å². The van der Waals surface area contributed by atoms with Crippen LogP contribution in [0.4, 0.5) is 5.69 Å². The number of nitrogens with zero attached hydrogens (tertiary/aromatic N) is 3. The molecule has 2 aromatic carbocycles. The number of amides is 2. The standard InChI is InChI=1S/C19H21N3O4/c1-19(2,3)21(20(4)17(23)14-10-6-5-7-11-14)18(24)15-12-8-9-13-16(15)22(25)26/h5-13H,1-4H3. The minimum Gasteiger partial charge on any atom is -0.267 e. The molecular formula is C19H21N3O4. The van der Waals surface area contributed by atoms with Crippen molar-refractivity contribution in [2.45, 2.75) is 26.3 Å². The number of nitro groups is 1. The predicted octanol–water partition coefficient (Wildman–Crippen LogP) is 3.52. The molecule has 2 amide bonds. The van der Waals surface area contributed by atoms with Crippen LogP contribution in [0.2, 0.25) is 0 Å². The Kier molecular flexibility index (Phi) is 5.40.